The normalized spacial score (nSPS) is 14.9. The molecule has 0 unspecified atom stereocenters. The summed E-state index contributed by atoms with van der Waals surface area (Å²) in [6, 6.07) is 3.82. The van der Waals surface area contributed by atoms with Gasteiger partial charge in [-0.15, -0.1) is 0 Å². The van der Waals surface area contributed by atoms with E-state index in [2.05, 4.69) is 15.3 Å². The summed E-state index contributed by atoms with van der Waals surface area (Å²) in [5, 5.41) is 2.78. The van der Waals surface area contributed by atoms with Crippen LogP contribution in [-0.2, 0) is 5.41 Å². The average molecular weight is 398 g/mol. The highest BCUT2D eigenvalue weighted by atomic mass is 35.5. The zero-order valence-corrected chi connectivity index (χ0v) is 14.5. The van der Waals surface area contributed by atoms with Crippen LogP contribution in [0.2, 0.25) is 5.02 Å². The molecule has 1 aliphatic carbocycles. The molecule has 2 aromatic heterocycles. The molecule has 0 aliphatic heterocycles. The minimum absolute atomic E-state index is 0.0384. The van der Waals surface area contributed by atoms with Crippen LogP contribution in [-0.4, -0.2) is 28.6 Å². The van der Waals surface area contributed by atoms with Crippen molar-refractivity contribution in [2.75, 3.05) is 6.54 Å². The first-order chi connectivity index (χ1) is 12.7. The predicted octanol–water partition coefficient (Wildman–Crippen LogP) is 3.64. The number of nitrogens with zero attached hydrogens (tertiary/aromatic N) is 2. The van der Waals surface area contributed by atoms with Gasteiger partial charge in [0.25, 0.3) is 5.91 Å². The number of nitrogens with one attached hydrogen (secondary N) is 1. The fraction of sp³-hybridized carbons (Fsp3) is 0.278. The molecule has 2 aromatic rings. The van der Waals surface area contributed by atoms with Gasteiger partial charge in [0, 0.05) is 35.8 Å². The number of aromatic nitrogens is 2. The number of carbonyl (C=O) groups is 1. The number of halogens is 5. The number of alkyl halides is 3. The van der Waals surface area contributed by atoms with Gasteiger partial charge in [-0.05, 0) is 31.0 Å². The first-order valence-corrected chi connectivity index (χ1v) is 8.23. The molecule has 0 saturated heterocycles. The molecule has 0 radical (unpaired) electrons. The molecule has 0 atom stereocenters. The second-order valence-electron chi connectivity index (χ2n) is 6.10. The Labute approximate surface area is 157 Å². The van der Waals surface area contributed by atoms with Crippen molar-refractivity contribution in [1.82, 2.24) is 15.3 Å². The summed E-state index contributed by atoms with van der Waals surface area (Å²) in [4.78, 5) is 19.9. The molecule has 2 heterocycles. The first-order valence-electron chi connectivity index (χ1n) is 7.85. The monoisotopic (exact) mass is 397 g/mol. The topological polar surface area (TPSA) is 54.9 Å². The summed E-state index contributed by atoms with van der Waals surface area (Å²) in [5.74, 6) is 1.72. The van der Waals surface area contributed by atoms with Crippen LogP contribution >= 0.6 is 11.6 Å². The van der Waals surface area contributed by atoms with Crippen molar-refractivity contribution >= 4 is 17.5 Å². The lowest BCUT2D eigenvalue weighted by Gasteiger charge is -2.17. The SMILES string of the molecule is O=C(NCC1(c2ncc(C#CC(F)(F)F)cc2Cl)CC1)c1ncccc1F. The van der Waals surface area contributed by atoms with Crippen molar-refractivity contribution in [3.63, 3.8) is 0 Å². The smallest absolute Gasteiger partial charge is 0.350 e. The van der Waals surface area contributed by atoms with Gasteiger partial charge >= 0.3 is 6.18 Å². The fourth-order valence-corrected chi connectivity index (χ4v) is 2.94. The number of rotatable bonds is 4. The molecule has 0 aromatic carbocycles. The third kappa shape index (κ3) is 4.55. The van der Waals surface area contributed by atoms with Gasteiger partial charge in [0.05, 0.1) is 10.7 Å². The van der Waals surface area contributed by atoms with E-state index >= 15 is 0 Å². The van der Waals surface area contributed by atoms with Crippen LogP contribution in [0.15, 0.2) is 30.6 Å². The maximum atomic E-state index is 13.6. The quantitative estimate of drug-likeness (QED) is 0.633. The molecule has 4 nitrogen and oxygen atoms in total. The van der Waals surface area contributed by atoms with E-state index in [1.165, 1.54) is 24.5 Å². The van der Waals surface area contributed by atoms with Crippen LogP contribution in [0.1, 0.15) is 34.6 Å². The number of hydrogen-bond donors (Lipinski definition) is 1. The summed E-state index contributed by atoms with van der Waals surface area (Å²) in [6.45, 7) is 0.155. The average Bonchev–Trinajstić information content (AvgIpc) is 3.39. The summed E-state index contributed by atoms with van der Waals surface area (Å²) in [5.41, 5.74) is -0.348. The Kier molecular flexibility index (Phi) is 5.07. The van der Waals surface area contributed by atoms with E-state index in [1.807, 2.05) is 5.92 Å². The molecule has 140 valence electrons. The van der Waals surface area contributed by atoms with Crippen LogP contribution in [0.25, 0.3) is 0 Å². The molecule has 0 spiro atoms. The number of amides is 1. The van der Waals surface area contributed by atoms with Gasteiger partial charge < -0.3 is 5.32 Å². The van der Waals surface area contributed by atoms with E-state index < -0.39 is 23.3 Å². The van der Waals surface area contributed by atoms with Gasteiger partial charge in [0.1, 0.15) is 0 Å². The van der Waals surface area contributed by atoms with Gasteiger partial charge in [0.15, 0.2) is 11.5 Å². The Balaban J connectivity index is 1.73. The zero-order chi connectivity index (χ0) is 19.7. The van der Waals surface area contributed by atoms with Crippen molar-refractivity contribution < 1.29 is 22.4 Å². The Bertz CT molecular complexity index is 946. The first kappa shape index (κ1) is 19.1. The molecule has 27 heavy (non-hydrogen) atoms. The van der Waals surface area contributed by atoms with E-state index in [0.717, 1.165) is 12.0 Å². The largest absolute Gasteiger partial charge is 0.458 e. The zero-order valence-electron chi connectivity index (χ0n) is 13.7. The second-order valence-corrected chi connectivity index (χ2v) is 6.51. The summed E-state index contributed by atoms with van der Waals surface area (Å²) in [6.07, 6.45) is -0.727. The standard InChI is InChI=1S/C18H12ClF4N3O/c19-12-8-11(3-4-18(21,22)23)9-25-15(12)17(5-6-17)10-26-16(27)14-13(20)2-1-7-24-14/h1-2,7-9H,5-6,10H2,(H,26,27). The molecule has 9 heteroatoms. The summed E-state index contributed by atoms with van der Waals surface area (Å²) >= 11 is 6.16. The van der Waals surface area contributed by atoms with Crippen molar-refractivity contribution in [2.45, 2.75) is 24.4 Å². The minimum atomic E-state index is -4.60. The van der Waals surface area contributed by atoms with E-state index in [4.69, 9.17) is 11.6 Å². The van der Waals surface area contributed by atoms with E-state index in [9.17, 15) is 22.4 Å². The van der Waals surface area contributed by atoms with Crippen LogP contribution in [0, 0.1) is 17.7 Å². The molecule has 1 saturated carbocycles. The van der Waals surface area contributed by atoms with Gasteiger partial charge in [-0.25, -0.2) is 9.37 Å². The molecule has 1 N–H and O–H groups in total. The van der Waals surface area contributed by atoms with Crippen LogP contribution in [0.3, 0.4) is 0 Å². The van der Waals surface area contributed by atoms with Gasteiger partial charge in [-0.2, -0.15) is 13.2 Å². The Hall–Kier alpha value is -2.66. The molecule has 1 fully saturated rings. The van der Waals surface area contributed by atoms with E-state index in [1.54, 1.807) is 0 Å². The molecule has 1 amide bonds. The number of pyridine rings is 2. The molecular formula is C18H12ClF4N3O. The maximum Gasteiger partial charge on any atom is 0.458 e. The highest BCUT2D eigenvalue weighted by molar-refractivity contribution is 6.31. The lowest BCUT2D eigenvalue weighted by Crippen LogP contribution is -2.33. The minimum Gasteiger partial charge on any atom is -0.350 e. The molecular weight excluding hydrogens is 386 g/mol. The van der Waals surface area contributed by atoms with Crippen molar-refractivity contribution in [3.8, 4) is 11.8 Å². The Morgan fingerprint density at radius 3 is 2.67 bits per heavy atom. The van der Waals surface area contributed by atoms with Gasteiger partial charge in [-0.3, -0.25) is 9.78 Å². The van der Waals surface area contributed by atoms with Crippen LogP contribution < -0.4 is 5.32 Å². The lowest BCUT2D eigenvalue weighted by atomic mass is 10.0. The third-order valence-corrected chi connectivity index (χ3v) is 4.39. The summed E-state index contributed by atoms with van der Waals surface area (Å²) < 4.78 is 50.1. The fourth-order valence-electron chi connectivity index (χ4n) is 2.57. The predicted molar refractivity (Wildman–Crippen MR) is 89.6 cm³/mol. The van der Waals surface area contributed by atoms with Crippen LogP contribution in [0.4, 0.5) is 17.6 Å². The van der Waals surface area contributed by atoms with Gasteiger partial charge in [0.2, 0.25) is 0 Å². The summed E-state index contributed by atoms with van der Waals surface area (Å²) in [7, 11) is 0. The van der Waals surface area contributed by atoms with Gasteiger partial charge in [-0.1, -0.05) is 17.5 Å². The number of carbonyl (C=O) groups excluding carboxylic acids is 1. The molecule has 0 bridgehead atoms. The number of hydrogen-bond acceptors (Lipinski definition) is 3. The van der Waals surface area contributed by atoms with Crippen LogP contribution in [0.5, 0.6) is 0 Å². The van der Waals surface area contributed by atoms with Crippen molar-refractivity contribution in [1.29, 1.82) is 0 Å². The highest BCUT2D eigenvalue weighted by Crippen LogP contribution is 2.49. The lowest BCUT2D eigenvalue weighted by molar-refractivity contribution is -0.0696. The molecule has 3 rings (SSSR count). The molecule has 1 aliphatic rings. The van der Waals surface area contributed by atoms with E-state index in [0.29, 0.717) is 18.5 Å². The maximum absolute atomic E-state index is 13.6. The van der Waals surface area contributed by atoms with Crippen molar-refractivity contribution in [3.05, 3.63) is 58.4 Å². The Morgan fingerprint density at radius 1 is 1.33 bits per heavy atom. The van der Waals surface area contributed by atoms with Crippen molar-refractivity contribution in [2.24, 2.45) is 0 Å². The highest BCUT2D eigenvalue weighted by Gasteiger charge is 2.47. The second kappa shape index (κ2) is 7.16. The van der Waals surface area contributed by atoms with E-state index in [-0.39, 0.29) is 22.8 Å². The third-order valence-electron chi connectivity index (χ3n) is 4.11. The Morgan fingerprint density at radius 2 is 2.07 bits per heavy atom.